The maximum atomic E-state index is 8.17. The predicted molar refractivity (Wildman–Crippen MR) is 30.2 cm³/mol. The first kappa shape index (κ1) is 15.7. The van der Waals surface area contributed by atoms with Gasteiger partial charge in [-0.25, -0.2) is 0 Å². The molecule has 0 bridgehead atoms. The van der Waals surface area contributed by atoms with E-state index in [-0.39, 0.29) is 25.5 Å². The van der Waals surface area contributed by atoms with Crippen LogP contribution in [0.1, 0.15) is 0 Å². The number of hydrogen-bond donors (Lipinski definition) is 5. The molecule has 0 rings (SSSR count). The molecule has 8 heavy (non-hydrogen) atoms. The van der Waals surface area contributed by atoms with Crippen LogP contribution in [-0.4, -0.2) is 34.6 Å². The average Bonchev–Trinajstić information content (AvgIpc) is 1.65. The van der Waals surface area contributed by atoms with E-state index >= 15 is 0 Å². The Labute approximate surface area is 48.1 Å². The lowest BCUT2D eigenvalue weighted by atomic mass is 10.4. The van der Waals surface area contributed by atoms with E-state index in [1.165, 1.54) is 0 Å². The molecule has 5 nitrogen and oxygen atoms in total. The summed E-state index contributed by atoms with van der Waals surface area (Å²) in [6.07, 6.45) is -0.954. The molecule has 0 aliphatic carbocycles. The number of rotatable bonds is 2. The molecule has 0 aromatic rings. The van der Waals surface area contributed by atoms with Gasteiger partial charge in [-0.05, 0) is 0 Å². The molecular weight excluding hydrogens is 112 g/mol. The van der Waals surface area contributed by atoms with Gasteiger partial charge < -0.3 is 27.6 Å². The topological polar surface area (TPSA) is 131 Å². The molecule has 9 N–H and O–H groups in total. The quantitative estimate of drug-likeness (QED) is 0.312. The predicted octanol–water partition coefficient (Wildman–Crippen LogP) is -1.34. The normalized spacial score (nSPS) is 7.50. The molecule has 0 aromatic carbocycles. The van der Waals surface area contributed by atoms with E-state index in [9.17, 15) is 0 Å². The van der Waals surface area contributed by atoms with Crippen LogP contribution < -0.4 is 12.3 Å². The summed E-state index contributed by atoms with van der Waals surface area (Å²) < 4.78 is 0. The van der Waals surface area contributed by atoms with Gasteiger partial charge in [-0.1, -0.05) is 0 Å². The molecule has 0 heterocycles. The highest BCUT2D eigenvalue weighted by Crippen LogP contribution is 1.71. The minimum absolute atomic E-state index is 0. The van der Waals surface area contributed by atoms with Crippen LogP contribution in [0.25, 0.3) is 0 Å². The minimum atomic E-state index is -0.954. The Kier molecular flexibility index (Phi) is 19.4. The van der Waals surface area contributed by atoms with Crippen molar-refractivity contribution in [2.75, 3.05) is 13.2 Å². The Bertz CT molecular complexity index is 31.7. The maximum Gasteiger partial charge on any atom is 0.100 e. The van der Waals surface area contributed by atoms with Gasteiger partial charge in [0, 0.05) is 0 Å². The van der Waals surface area contributed by atoms with Crippen LogP contribution in [0.5, 0.6) is 0 Å². The van der Waals surface area contributed by atoms with E-state index in [0.717, 1.165) is 0 Å². The Balaban J connectivity index is -0.000000125. The van der Waals surface area contributed by atoms with E-state index in [4.69, 9.17) is 15.3 Å². The van der Waals surface area contributed by atoms with Crippen molar-refractivity contribution in [2.45, 2.75) is 6.10 Å². The Morgan fingerprint density at radius 2 is 1.25 bits per heavy atom. The van der Waals surface area contributed by atoms with Crippen LogP contribution in [0.2, 0.25) is 0 Å². The van der Waals surface area contributed by atoms with Gasteiger partial charge >= 0.3 is 0 Å². The van der Waals surface area contributed by atoms with Crippen molar-refractivity contribution in [2.24, 2.45) is 0 Å². The monoisotopic (exact) mass is 126 g/mol. The first-order chi connectivity index (χ1) is 2.81. The van der Waals surface area contributed by atoms with Crippen molar-refractivity contribution in [1.82, 2.24) is 12.3 Å². The average molecular weight is 126 g/mol. The third kappa shape index (κ3) is 9.25. The molecule has 0 saturated heterocycles. The van der Waals surface area contributed by atoms with Crippen LogP contribution in [0.4, 0.5) is 0 Å². The standard InChI is InChI=1S/C3H8O3.2H3N/c4-1-3(6)2-5;;/h3-6H,1-2H2;2*1H3. The van der Waals surface area contributed by atoms with Crippen molar-refractivity contribution in [3.05, 3.63) is 0 Å². The van der Waals surface area contributed by atoms with Gasteiger partial charge in [-0.2, -0.15) is 0 Å². The zero-order valence-electron chi connectivity index (χ0n) is 4.75. The van der Waals surface area contributed by atoms with Crippen molar-refractivity contribution in [3.8, 4) is 0 Å². The molecule has 5 heteroatoms. The summed E-state index contributed by atoms with van der Waals surface area (Å²) in [6.45, 7) is -0.729. The first-order valence-corrected chi connectivity index (χ1v) is 1.71. The van der Waals surface area contributed by atoms with Gasteiger partial charge in [0.05, 0.1) is 13.2 Å². The molecule has 0 aliphatic heterocycles. The molecule has 54 valence electrons. The molecule has 0 unspecified atom stereocenters. The van der Waals surface area contributed by atoms with Crippen molar-refractivity contribution in [3.63, 3.8) is 0 Å². The van der Waals surface area contributed by atoms with E-state index in [0.29, 0.717) is 0 Å². The van der Waals surface area contributed by atoms with Gasteiger partial charge in [-0.3, -0.25) is 0 Å². The lowest BCUT2D eigenvalue weighted by molar-refractivity contribution is 0.0450. The summed E-state index contributed by atoms with van der Waals surface area (Å²) in [6, 6.07) is 0. The second-order valence-corrected chi connectivity index (χ2v) is 1.02. The van der Waals surface area contributed by atoms with Gasteiger partial charge in [0.2, 0.25) is 0 Å². The lowest BCUT2D eigenvalue weighted by Gasteiger charge is -1.96. The summed E-state index contributed by atoms with van der Waals surface area (Å²) in [5, 5.41) is 24.0. The lowest BCUT2D eigenvalue weighted by Crippen LogP contribution is -2.15. The third-order valence-electron chi connectivity index (χ3n) is 0.421. The summed E-state index contributed by atoms with van der Waals surface area (Å²) in [5.41, 5.74) is 0. The Morgan fingerprint density at radius 1 is 1.00 bits per heavy atom. The van der Waals surface area contributed by atoms with Crippen molar-refractivity contribution in [1.29, 1.82) is 0 Å². The summed E-state index contributed by atoms with van der Waals surface area (Å²) in [4.78, 5) is 0. The number of aliphatic hydroxyl groups excluding tert-OH is 3. The van der Waals surface area contributed by atoms with Crippen LogP contribution in [-0.2, 0) is 0 Å². The highest BCUT2D eigenvalue weighted by Gasteiger charge is 1.93. The van der Waals surface area contributed by atoms with Crippen LogP contribution >= 0.6 is 0 Å². The molecule has 0 aliphatic rings. The Morgan fingerprint density at radius 3 is 1.25 bits per heavy atom. The highest BCUT2D eigenvalue weighted by molar-refractivity contribution is 4.43. The van der Waals surface area contributed by atoms with E-state index < -0.39 is 6.10 Å². The fourth-order valence-electron chi connectivity index (χ4n) is 0.0577. The van der Waals surface area contributed by atoms with E-state index in [1.807, 2.05) is 0 Å². The molecule has 0 aromatic heterocycles. The molecule has 0 saturated carbocycles. The first-order valence-electron chi connectivity index (χ1n) is 1.71. The van der Waals surface area contributed by atoms with Gasteiger partial charge in [0.25, 0.3) is 0 Å². The molecule has 0 atom stereocenters. The zero-order valence-corrected chi connectivity index (χ0v) is 4.75. The summed E-state index contributed by atoms with van der Waals surface area (Å²) in [7, 11) is 0. The molecule has 0 spiro atoms. The van der Waals surface area contributed by atoms with Gasteiger partial charge in [0.15, 0.2) is 0 Å². The molecule has 0 radical (unpaired) electrons. The summed E-state index contributed by atoms with van der Waals surface area (Å²) >= 11 is 0. The van der Waals surface area contributed by atoms with Crippen LogP contribution in [0.15, 0.2) is 0 Å². The van der Waals surface area contributed by atoms with Gasteiger partial charge in [0.1, 0.15) is 6.10 Å². The third-order valence-corrected chi connectivity index (χ3v) is 0.421. The smallest absolute Gasteiger partial charge is 0.100 e. The molecular formula is C3H14N2O3. The highest BCUT2D eigenvalue weighted by atomic mass is 16.3. The van der Waals surface area contributed by atoms with E-state index in [1.54, 1.807) is 0 Å². The number of aliphatic hydroxyl groups is 3. The summed E-state index contributed by atoms with van der Waals surface area (Å²) in [5.74, 6) is 0. The zero-order chi connectivity index (χ0) is 4.99. The molecule has 0 amide bonds. The SMILES string of the molecule is N.N.OCC(O)CO. The fraction of sp³-hybridized carbons (Fsp3) is 1.00. The second-order valence-electron chi connectivity index (χ2n) is 1.02. The van der Waals surface area contributed by atoms with E-state index in [2.05, 4.69) is 0 Å². The van der Waals surface area contributed by atoms with Crippen LogP contribution in [0.3, 0.4) is 0 Å². The Hall–Kier alpha value is -0.200. The van der Waals surface area contributed by atoms with Gasteiger partial charge in [-0.15, -0.1) is 0 Å². The largest absolute Gasteiger partial charge is 0.394 e. The van der Waals surface area contributed by atoms with Crippen LogP contribution in [0, 0.1) is 0 Å². The second kappa shape index (κ2) is 9.93. The number of hydrogen-bond acceptors (Lipinski definition) is 5. The van der Waals surface area contributed by atoms with Crippen molar-refractivity contribution < 1.29 is 15.3 Å². The maximum absolute atomic E-state index is 8.17. The minimum Gasteiger partial charge on any atom is -0.394 e. The fourth-order valence-corrected chi connectivity index (χ4v) is 0.0577. The van der Waals surface area contributed by atoms with Crippen molar-refractivity contribution >= 4 is 0 Å². The molecule has 0 fully saturated rings.